The van der Waals surface area contributed by atoms with Crippen molar-refractivity contribution in [2.75, 3.05) is 11.1 Å². The number of nitriles is 1. The summed E-state index contributed by atoms with van der Waals surface area (Å²) in [4.78, 5) is 27.4. The molecule has 1 atom stereocenters. The van der Waals surface area contributed by atoms with Gasteiger partial charge in [0.15, 0.2) is 5.78 Å². The number of dihydropyridines is 1. The van der Waals surface area contributed by atoms with Crippen molar-refractivity contribution in [1.29, 1.82) is 5.26 Å². The number of anilines is 1. The summed E-state index contributed by atoms with van der Waals surface area (Å²) in [5.41, 5.74) is 6.04. The number of hydrogen-bond donors (Lipinski definition) is 2. The minimum atomic E-state index is -0.516. The Morgan fingerprint density at radius 1 is 1.06 bits per heavy atom. The van der Waals surface area contributed by atoms with Gasteiger partial charge >= 0.3 is 0 Å². The third kappa shape index (κ3) is 5.30. The van der Waals surface area contributed by atoms with Gasteiger partial charge in [0.1, 0.15) is 0 Å². The second-order valence-corrected chi connectivity index (χ2v) is 10.7. The van der Waals surface area contributed by atoms with E-state index in [4.69, 9.17) is 0 Å². The molecule has 0 saturated heterocycles. The monoisotopic (exact) mass is 513 g/mol. The molecule has 0 fully saturated rings. The Hall–Kier alpha value is -3.60. The Kier molecular flexibility index (Phi) is 7.78. The molecule has 2 N–H and O–H groups in total. The third-order valence-corrected chi connectivity index (χ3v) is 8.10. The number of carbonyl (C=O) groups is 2. The first-order valence-corrected chi connectivity index (χ1v) is 13.4. The van der Waals surface area contributed by atoms with Gasteiger partial charge < -0.3 is 10.6 Å². The van der Waals surface area contributed by atoms with E-state index in [1.54, 1.807) is 0 Å². The summed E-state index contributed by atoms with van der Waals surface area (Å²) in [5, 5.41) is 19.1. The SMILES string of the molecule is CC1=C(C(=O)Nc2ccc(C)cc2C)C(c2cccs2)C(C#N)=C(SCC(=O)c2ccccc2C)N1. The maximum absolute atomic E-state index is 13.6. The molecule has 2 heterocycles. The van der Waals surface area contributed by atoms with E-state index < -0.39 is 5.92 Å². The number of nitrogens with zero attached hydrogens (tertiary/aromatic N) is 1. The minimum Gasteiger partial charge on any atom is -0.353 e. The van der Waals surface area contributed by atoms with Crippen LogP contribution in [0.4, 0.5) is 5.69 Å². The van der Waals surface area contributed by atoms with Gasteiger partial charge in [0.05, 0.1) is 28.3 Å². The Balaban J connectivity index is 1.65. The molecule has 5 nitrogen and oxygen atoms in total. The molecule has 0 saturated carbocycles. The van der Waals surface area contributed by atoms with E-state index >= 15 is 0 Å². The Morgan fingerprint density at radius 3 is 2.50 bits per heavy atom. The average molecular weight is 514 g/mol. The predicted octanol–water partition coefficient (Wildman–Crippen LogP) is 6.62. The number of thiophene rings is 1. The van der Waals surface area contributed by atoms with Crippen LogP contribution in [0, 0.1) is 32.1 Å². The number of rotatable bonds is 7. The molecule has 1 aliphatic rings. The average Bonchev–Trinajstić information content (AvgIpc) is 3.38. The number of Topliss-reactive ketones (excluding diaryl/α,β-unsaturated/α-hetero) is 1. The number of carbonyl (C=O) groups excluding carboxylic acids is 2. The molecular formula is C29H27N3O2S2. The number of benzene rings is 2. The molecule has 1 unspecified atom stereocenters. The highest BCUT2D eigenvalue weighted by molar-refractivity contribution is 8.03. The van der Waals surface area contributed by atoms with Gasteiger partial charge in [0.2, 0.25) is 0 Å². The quantitative estimate of drug-likeness (QED) is 0.347. The Labute approximate surface area is 219 Å². The molecule has 2 aromatic carbocycles. The third-order valence-electron chi connectivity index (χ3n) is 6.14. The number of hydrogen-bond acceptors (Lipinski definition) is 6. The van der Waals surface area contributed by atoms with E-state index in [2.05, 4.69) is 16.7 Å². The van der Waals surface area contributed by atoms with Crippen LogP contribution in [0.5, 0.6) is 0 Å². The zero-order valence-corrected chi connectivity index (χ0v) is 22.3. The molecule has 4 rings (SSSR count). The van der Waals surface area contributed by atoms with Gasteiger partial charge in [-0.05, 0) is 56.3 Å². The van der Waals surface area contributed by atoms with Crippen LogP contribution in [0.25, 0.3) is 0 Å². The molecule has 1 amide bonds. The van der Waals surface area contributed by atoms with Gasteiger partial charge in [-0.2, -0.15) is 5.26 Å². The molecule has 36 heavy (non-hydrogen) atoms. The molecule has 182 valence electrons. The second kappa shape index (κ2) is 11.0. The van der Waals surface area contributed by atoms with Crippen molar-refractivity contribution >= 4 is 40.5 Å². The van der Waals surface area contributed by atoms with Crippen LogP contribution in [0.2, 0.25) is 0 Å². The molecule has 0 spiro atoms. The standard InChI is InChI=1S/C29H27N3O2S2/c1-17-11-12-23(19(3)14-17)32-28(34)26-20(4)31-29(22(15-30)27(26)25-10-7-13-35-25)36-16-24(33)21-9-6-5-8-18(21)2/h5-14,27,31H,16H2,1-4H3,(H,32,34). The van der Waals surface area contributed by atoms with Crippen molar-refractivity contribution in [3.05, 3.63) is 109 Å². The molecule has 7 heteroatoms. The fraction of sp³-hybridized carbons (Fsp3) is 0.207. The number of amides is 1. The van der Waals surface area contributed by atoms with Gasteiger partial charge in [-0.1, -0.05) is 59.8 Å². The van der Waals surface area contributed by atoms with Crippen LogP contribution in [0.1, 0.15) is 44.8 Å². The first kappa shape index (κ1) is 25.5. The zero-order chi connectivity index (χ0) is 25.8. The lowest BCUT2D eigenvalue weighted by Crippen LogP contribution is -2.30. The van der Waals surface area contributed by atoms with Crippen molar-refractivity contribution in [3.8, 4) is 6.07 Å². The van der Waals surface area contributed by atoms with Crippen molar-refractivity contribution in [2.45, 2.75) is 33.6 Å². The lowest BCUT2D eigenvalue weighted by Gasteiger charge is -2.29. The minimum absolute atomic E-state index is 0.00242. The van der Waals surface area contributed by atoms with Gasteiger partial charge in [-0.25, -0.2) is 0 Å². The molecule has 0 aliphatic carbocycles. The van der Waals surface area contributed by atoms with Crippen LogP contribution in [0.3, 0.4) is 0 Å². The van der Waals surface area contributed by atoms with Crippen molar-refractivity contribution in [1.82, 2.24) is 5.32 Å². The topological polar surface area (TPSA) is 82.0 Å². The summed E-state index contributed by atoms with van der Waals surface area (Å²) in [5.74, 6) is -0.582. The highest BCUT2D eigenvalue weighted by atomic mass is 32.2. The number of aryl methyl sites for hydroxylation is 3. The van der Waals surface area contributed by atoms with E-state index in [1.807, 2.05) is 87.7 Å². The summed E-state index contributed by atoms with van der Waals surface area (Å²) in [6.45, 7) is 7.73. The summed E-state index contributed by atoms with van der Waals surface area (Å²) in [6.07, 6.45) is 0. The second-order valence-electron chi connectivity index (χ2n) is 8.77. The lowest BCUT2D eigenvalue weighted by molar-refractivity contribution is -0.113. The largest absolute Gasteiger partial charge is 0.353 e. The summed E-state index contributed by atoms with van der Waals surface area (Å²) < 4.78 is 0. The molecule has 3 aromatic rings. The van der Waals surface area contributed by atoms with E-state index in [0.29, 0.717) is 27.4 Å². The fourth-order valence-corrected chi connectivity index (χ4v) is 6.13. The maximum atomic E-state index is 13.6. The summed E-state index contributed by atoms with van der Waals surface area (Å²) >= 11 is 2.81. The van der Waals surface area contributed by atoms with Gasteiger partial charge in [-0.15, -0.1) is 11.3 Å². The Bertz CT molecular complexity index is 1430. The molecule has 0 radical (unpaired) electrons. The van der Waals surface area contributed by atoms with Gasteiger partial charge in [-0.3, -0.25) is 9.59 Å². The zero-order valence-electron chi connectivity index (χ0n) is 20.6. The smallest absolute Gasteiger partial charge is 0.254 e. The molecule has 0 bridgehead atoms. The highest BCUT2D eigenvalue weighted by Gasteiger charge is 2.35. The predicted molar refractivity (Wildman–Crippen MR) is 148 cm³/mol. The number of ketones is 1. The van der Waals surface area contributed by atoms with Gasteiger partial charge in [0.25, 0.3) is 5.91 Å². The van der Waals surface area contributed by atoms with Crippen molar-refractivity contribution in [3.63, 3.8) is 0 Å². The van der Waals surface area contributed by atoms with Crippen molar-refractivity contribution in [2.24, 2.45) is 0 Å². The lowest BCUT2D eigenvalue weighted by atomic mass is 9.86. The van der Waals surface area contributed by atoms with E-state index in [-0.39, 0.29) is 17.4 Å². The van der Waals surface area contributed by atoms with E-state index in [9.17, 15) is 14.9 Å². The van der Waals surface area contributed by atoms with E-state index in [1.165, 1.54) is 23.1 Å². The first-order valence-electron chi connectivity index (χ1n) is 11.6. The van der Waals surface area contributed by atoms with Gasteiger partial charge in [0, 0.05) is 27.4 Å². The van der Waals surface area contributed by atoms with E-state index in [0.717, 1.165) is 27.3 Å². The first-order chi connectivity index (χ1) is 17.3. The van der Waals surface area contributed by atoms with Crippen LogP contribution >= 0.6 is 23.1 Å². The molecule has 1 aliphatic heterocycles. The summed E-state index contributed by atoms with van der Waals surface area (Å²) in [7, 11) is 0. The number of allylic oxidation sites excluding steroid dienone is 2. The Morgan fingerprint density at radius 2 is 1.83 bits per heavy atom. The number of nitrogens with one attached hydrogen (secondary N) is 2. The molecule has 1 aromatic heterocycles. The maximum Gasteiger partial charge on any atom is 0.254 e. The molecular weight excluding hydrogens is 486 g/mol. The van der Waals surface area contributed by atoms with Crippen LogP contribution < -0.4 is 10.6 Å². The van der Waals surface area contributed by atoms with Crippen LogP contribution in [0.15, 0.2) is 81.8 Å². The van der Waals surface area contributed by atoms with Crippen molar-refractivity contribution < 1.29 is 9.59 Å². The summed E-state index contributed by atoms with van der Waals surface area (Å²) in [6, 6.07) is 19.6. The van der Waals surface area contributed by atoms with Crippen LogP contribution in [-0.4, -0.2) is 17.4 Å². The normalized spacial score (nSPS) is 15.4. The highest BCUT2D eigenvalue weighted by Crippen LogP contribution is 2.42. The fourth-order valence-electron chi connectivity index (χ4n) is 4.31. The number of thioether (sulfide) groups is 1. The van der Waals surface area contributed by atoms with Crippen LogP contribution in [-0.2, 0) is 4.79 Å².